The number of methoxy groups -OCH3 is 1. The van der Waals surface area contributed by atoms with E-state index in [-0.39, 0.29) is 31.1 Å². The molecule has 10 nitrogen and oxygen atoms in total. The summed E-state index contributed by atoms with van der Waals surface area (Å²) in [6.07, 6.45) is 5.71. The van der Waals surface area contributed by atoms with Crippen LogP contribution in [-0.2, 0) is 29.1 Å². The summed E-state index contributed by atoms with van der Waals surface area (Å²) in [5.41, 5.74) is 5.59. The highest BCUT2D eigenvalue weighted by molar-refractivity contribution is 7.89. The van der Waals surface area contributed by atoms with Crippen LogP contribution < -0.4 is 11.1 Å². The highest BCUT2D eigenvalue weighted by Crippen LogP contribution is 2.27. The molecular weight excluding hydrogens is 460 g/mol. The molecule has 0 unspecified atom stereocenters. The zero-order chi connectivity index (χ0) is 24.7. The number of ether oxygens (including phenoxy) is 1. The zero-order valence-corrected chi connectivity index (χ0v) is 20.3. The average Bonchev–Trinajstić information content (AvgIpc) is 2.84. The van der Waals surface area contributed by atoms with E-state index in [1.165, 1.54) is 28.4 Å². The molecule has 3 N–H and O–H groups in total. The number of nitrogens with zero attached hydrogens (tertiary/aromatic N) is 2. The summed E-state index contributed by atoms with van der Waals surface area (Å²) in [5.74, 6) is -1.38. The number of piperazine rings is 1. The number of amides is 3. The summed E-state index contributed by atoms with van der Waals surface area (Å²) in [6, 6.07) is 5.95. The summed E-state index contributed by atoms with van der Waals surface area (Å²) in [5, 5.41) is 2.70. The molecule has 3 amide bonds. The third-order valence-electron chi connectivity index (χ3n) is 6.57. The van der Waals surface area contributed by atoms with Crippen molar-refractivity contribution in [3.05, 3.63) is 30.3 Å². The molecule has 1 heterocycles. The van der Waals surface area contributed by atoms with Gasteiger partial charge >= 0.3 is 0 Å². The molecule has 34 heavy (non-hydrogen) atoms. The first-order valence-electron chi connectivity index (χ1n) is 11.7. The van der Waals surface area contributed by atoms with E-state index in [4.69, 9.17) is 10.5 Å². The Morgan fingerprint density at radius 3 is 2.41 bits per heavy atom. The lowest BCUT2D eigenvalue weighted by molar-refractivity contribution is -0.146. The van der Waals surface area contributed by atoms with Crippen LogP contribution >= 0.6 is 0 Å². The van der Waals surface area contributed by atoms with Crippen molar-refractivity contribution >= 4 is 27.7 Å². The maximum absolute atomic E-state index is 13.3. The van der Waals surface area contributed by atoms with Gasteiger partial charge in [0.25, 0.3) is 0 Å². The van der Waals surface area contributed by atoms with Crippen molar-refractivity contribution in [1.82, 2.24) is 14.5 Å². The van der Waals surface area contributed by atoms with E-state index in [1.807, 2.05) is 0 Å². The van der Waals surface area contributed by atoms with E-state index < -0.39 is 39.8 Å². The Morgan fingerprint density at radius 1 is 1.12 bits per heavy atom. The Hall–Kier alpha value is -2.50. The zero-order valence-electron chi connectivity index (χ0n) is 19.5. The fourth-order valence-electron chi connectivity index (χ4n) is 4.72. The first-order chi connectivity index (χ1) is 16.2. The number of hydrogen-bond donors (Lipinski definition) is 2. The third-order valence-corrected chi connectivity index (χ3v) is 8.45. The topological polar surface area (TPSA) is 139 Å². The number of primary amides is 1. The van der Waals surface area contributed by atoms with Crippen LogP contribution in [0.4, 0.5) is 0 Å². The predicted octanol–water partition coefficient (Wildman–Crippen LogP) is 0.475. The average molecular weight is 495 g/mol. The molecule has 0 bridgehead atoms. The molecule has 0 spiro atoms. The number of sulfonamides is 1. The number of rotatable bonds is 9. The number of hydrogen-bond acceptors (Lipinski definition) is 6. The number of nitrogens with two attached hydrogens (primary N) is 1. The summed E-state index contributed by atoms with van der Waals surface area (Å²) in [7, 11) is -2.49. The van der Waals surface area contributed by atoms with Crippen LogP contribution in [0.25, 0.3) is 0 Å². The molecular formula is C23H34N4O6S. The van der Waals surface area contributed by atoms with Gasteiger partial charge < -0.3 is 20.7 Å². The molecule has 1 saturated heterocycles. The lowest BCUT2D eigenvalue weighted by Gasteiger charge is -2.40. The monoisotopic (exact) mass is 494 g/mol. The lowest BCUT2D eigenvalue weighted by atomic mass is 9.84. The molecule has 1 aromatic carbocycles. The second-order valence-corrected chi connectivity index (χ2v) is 10.9. The van der Waals surface area contributed by atoms with Crippen LogP contribution in [-0.4, -0.2) is 80.8 Å². The van der Waals surface area contributed by atoms with E-state index in [0.717, 1.165) is 32.1 Å². The smallest absolute Gasteiger partial charge is 0.249 e. The van der Waals surface area contributed by atoms with E-state index in [9.17, 15) is 22.8 Å². The van der Waals surface area contributed by atoms with Gasteiger partial charge in [-0.15, -0.1) is 0 Å². The Bertz CT molecular complexity index is 965. The molecule has 0 aromatic heterocycles. The first kappa shape index (κ1) is 26.1. The van der Waals surface area contributed by atoms with E-state index in [0.29, 0.717) is 12.3 Å². The minimum absolute atomic E-state index is 0.0240. The molecule has 2 fully saturated rings. The number of carbonyl (C=O) groups excluding carboxylic acids is 3. The van der Waals surface area contributed by atoms with Crippen LogP contribution in [0.5, 0.6) is 0 Å². The van der Waals surface area contributed by atoms with Gasteiger partial charge in [-0.05, 0) is 24.5 Å². The Balaban J connectivity index is 1.79. The highest BCUT2D eigenvalue weighted by atomic mass is 32.2. The first-order valence-corrected chi connectivity index (χ1v) is 13.1. The van der Waals surface area contributed by atoms with Crippen LogP contribution in [0.15, 0.2) is 35.2 Å². The lowest BCUT2D eigenvalue weighted by Crippen LogP contribution is -2.63. The predicted molar refractivity (Wildman–Crippen MR) is 125 cm³/mol. The van der Waals surface area contributed by atoms with Crippen molar-refractivity contribution in [1.29, 1.82) is 0 Å². The third kappa shape index (κ3) is 6.34. The second kappa shape index (κ2) is 11.8. The van der Waals surface area contributed by atoms with Crippen molar-refractivity contribution in [2.24, 2.45) is 11.7 Å². The van der Waals surface area contributed by atoms with Crippen LogP contribution in [0.3, 0.4) is 0 Å². The maximum atomic E-state index is 13.3. The van der Waals surface area contributed by atoms with Crippen molar-refractivity contribution in [2.45, 2.75) is 55.5 Å². The molecule has 2 atom stereocenters. The molecule has 1 aliphatic carbocycles. The second-order valence-electron chi connectivity index (χ2n) is 8.92. The molecule has 1 saturated carbocycles. The van der Waals surface area contributed by atoms with Gasteiger partial charge in [0.15, 0.2) is 0 Å². The van der Waals surface area contributed by atoms with E-state index >= 15 is 0 Å². The summed E-state index contributed by atoms with van der Waals surface area (Å²) < 4.78 is 32.4. The Morgan fingerprint density at radius 2 is 1.79 bits per heavy atom. The minimum atomic E-state index is -3.86. The van der Waals surface area contributed by atoms with Crippen LogP contribution in [0, 0.1) is 5.92 Å². The van der Waals surface area contributed by atoms with Gasteiger partial charge in [0.1, 0.15) is 18.7 Å². The largest absolute Gasteiger partial charge is 0.375 e. The fraction of sp³-hybridized carbons (Fsp3) is 0.609. The van der Waals surface area contributed by atoms with Gasteiger partial charge in [0, 0.05) is 26.7 Å². The van der Waals surface area contributed by atoms with Gasteiger partial charge in [-0.2, -0.15) is 4.31 Å². The van der Waals surface area contributed by atoms with Gasteiger partial charge in [-0.3, -0.25) is 14.4 Å². The maximum Gasteiger partial charge on any atom is 0.249 e. The van der Waals surface area contributed by atoms with Crippen LogP contribution in [0.1, 0.15) is 38.5 Å². The number of benzene rings is 1. The fourth-order valence-corrected chi connectivity index (χ4v) is 6.18. The molecule has 0 radical (unpaired) electrons. The summed E-state index contributed by atoms with van der Waals surface area (Å²) in [4.78, 5) is 39.5. The van der Waals surface area contributed by atoms with E-state index in [1.54, 1.807) is 18.2 Å². The standard InChI is InChI=1S/C23H34N4O6S/c1-33-16-21(28)27-13-12-26(34(31,32)18-10-6-3-7-11-18)15-20(27)23(30)25-19(22(24)29)14-17-8-4-2-5-9-17/h3,6-7,10-11,17,19-20H,2,4-5,8-9,12-16H2,1H3,(H2,24,29)(H,25,30)/t19-,20-/m0/s1. The minimum Gasteiger partial charge on any atom is -0.375 e. The van der Waals surface area contributed by atoms with Gasteiger partial charge in [-0.25, -0.2) is 8.42 Å². The SMILES string of the molecule is COCC(=O)N1CCN(S(=O)(=O)c2ccccc2)C[C@H]1C(=O)N[C@@H](CC1CCCCC1)C(N)=O. The van der Waals surface area contributed by atoms with Crippen molar-refractivity contribution in [3.8, 4) is 0 Å². The van der Waals surface area contributed by atoms with Crippen molar-refractivity contribution in [2.75, 3.05) is 33.4 Å². The molecule has 1 aliphatic heterocycles. The molecule has 2 aliphatic rings. The summed E-state index contributed by atoms with van der Waals surface area (Å²) >= 11 is 0. The number of nitrogens with one attached hydrogen (secondary N) is 1. The molecule has 1 aromatic rings. The Kier molecular flexibility index (Phi) is 9.03. The summed E-state index contributed by atoms with van der Waals surface area (Å²) in [6.45, 7) is -0.405. The normalized spacial score (nSPS) is 21.1. The van der Waals surface area contributed by atoms with Crippen LogP contribution in [0.2, 0.25) is 0 Å². The molecule has 188 valence electrons. The highest BCUT2D eigenvalue weighted by Gasteiger charge is 2.40. The number of carbonyl (C=O) groups is 3. The van der Waals surface area contributed by atoms with E-state index in [2.05, 4.69) is 5.32 Å². The molecule has 11 heteroatoms. The molecule has 3 rings (SSSR count). The van der Waals surface area contributed by atoms with Crippen molar-refractivity contribution in [3.63, 3.8) is 0 Å². The van der Waals surface area contributed by atoms with Gasteiger partial charge in [0.05, 0.1) is 4.90 Å². The van der Waals surface area contributed by atoms with Gasteiger partial charge in [0.2, 0.25) is 27.7 Å². The Labute approximate surface area is 200 Å². The van der Waals surface area contributed by atoms with Crippen molar-refractivity contribution < 1.29 is 27.5 Å². The quantitative estimate of drug-likeness (QED) is 0.512. The van der Waals surface area contributed by atoms with Gasteiger partial charge in [-0.1, -0.05) is 50.3 Å².